The average Bonchev–Trinajstić information content (AvgIpc) is 2.98. The van der Waals surface area contributed by atoms with Crippen molar-refractivity contribution in [2.24, 2.45) is 0 Å². The van der Waals surface area contributed by atoms with E-state index >= 15 is 0 Å². The molecule has 1 N–H and O–H groups in total. The molecule has 1 heterocycles. The van der Waals surface area contributed by atoms with Gasteiger partial charge in [-0.3, -0.25) is 0 Å². The van der Waals surface area contributed by atoms with Crippen LogP contribution >= 0.6 is 11.3 Å². The van der Waals surface area contributed by atoms with Gasteiger partial charge in [0.25, 0.3) is 0 Å². The van der Waals surface area contributed by atoms with Gasteiger partial charge in [-0.1, -0.05) is 37.6 Å². The number of benzene rings is 1. The summed E-state index contributed by atoms with van der Waals surface area (Å²) in [6.45, 7) is 2.16. The molecule has 2 aromatic rings. The molecule has 0 spiro atoms. The van der Waals surface area contributed by atoms with Gasteiger partial charge in [0, 0.05) is 17.1 Å². The highest BCUT2D eigenvalue weighted by atomic mass is 32.1. The first-order valence-corrected chi connectivity index (χ1v) is 7.46. The van der Waals surface area contributed by atoms with E-state index in [0.717, 1.165) is 24.1 Å². The largest absolute Gasteiger partial charge is 0.336 e. The quantitative estimate of drug-likeness (QED) is 0.842. The third kappa shape index (κ3) is 3.92. The smallest absolute Gasteiger partial charge is 0.187 e. The molecule has 1 aromatic heterocycles. The second-order valence-corrected chi connectivity index (χ2v) is 5.27. The van der Waals surface area contributed by atoms with Gasteiger partial charge in [-0.25, -0.2) is 4.98 Å². The van der Waals surface area contributed by atoms with Crippen molar-refractivity contribution in [3.63, 3.8) is 0 Å². The van der Waals surface area contributed by atoms with Crippen LogP contribution in [0.3, 0.4) is 0 Å². The number of thiazole rings is 1. The van der Waals surface area contributed by atoms with Crippen LogP contribution in [-0.4, -0.2) is 4.98 Å². The van der Waals surface area contributed by atoms with Gasteiger partial charge in [-0.05, 0) is 12.0 Å². The highest BCUT2D eigenvalue weighted by Crippen LogP contribution is 2.25. The summed E-state index contributed by atoms with van der Waals surface area (Å²) in [6.07, 6.45) is 3.59. The summed E-state index contributed by atoms with van der Waals surface area (Å²) in [4.78, 5) is 4.44. The van der Waals surface area contributed by atoms with Crippen molar-refractivity contribution in [1.29, 1.82) is 10.5 Å². The molecule has 5 heteroatoms. The third-order valence-corrected chi connectivity index (χ3v) is 3.65. The van der Waals surface area contributed by atoms with E-state index in [1.165, 1.54) is 23.1 Å². The van der Waals surface area contributed by atoms with Crippen molar-refractivity contribution < 1.29 is 0 Å². The topological polar surface area (TPSA) is 72.5 Å². The highest BCUT2D eigenvalue weighted by molar-refractivity contribution is 7.14. The first-order valence-electron chi connectivity index (χ1n) is 6.58. The molecule has 21 heavy (non-hydrogen) atoms. The van der Waals surface area contributed by atoms with Crippen LogP contribution in [0.4, 0.5) is 5.13 Å². The fourth-order valence-corrected chi connectivity index (χ4v) is 2.52. The number of anilines is 1. The second kappa shape index (κ2) is 7.23. The number of hydrogen-bond donors (Lipinski definition) is 1. The average molecular weight is 294 g/mol. The van der Waals surface area contributed by atoms with Gasteiger partial charge in [0.1, 0.15) is 17.7 Å². The Balaban J connectivity index is 2.11. The number of nitriles is 2. The molecular weight excluding hydrogens is 280 g/mol. The van der Waals surface area contributed by atoms with E-state index < -0.39 is 0 Å². The Labute approximate surface area is 128 Å². The van der Waals surface area contributed by atoms with Crippen molar-refractivity contribution in [2.75, 3.05) is 5.32 Å². The summed E-state index contributed by atoms with van der Waals surface area (Å²) in [5.74, 6) is 0. The summed E-state index contributed by atoms with van der Waals surface area (Å²) in [7, 11) is 0. The monoisotopic (exact) mass is 294 g/mol. The van der Waals surface area contributed by atoms with Gasteiger partial charge in [-0.2, -0.15) is 10.5 Å². The maximum absolute atomic E-state index is 8.66. The molecule has 0 aliphatic rings. The summed E-state index contributed by atoms with van der Waals surface area (Å²) in [5, 5.41) is 22.8. The van der Waals surface area contributed by atoms with Crippen LogP contribution in [0.25, 0.3) is 11.3 Å². The zero-order chi connectivity index (χ0) is 15.1. The molecule has 0 atom stereocenters. The minimum Gasteiger partial charge on any atom is -0.336 e. The summed E-state index contributed by atoms with van der Waals surface area (Å²) < 4.78 is 0. The van der Waals surface area contributed by atoms with E-state index in [4.69, 9.17) is 10.5 Å². The molecule has 0 saturated heterocycles. The van der Waals surface area contributed by atoms with Crippen LogP contribution in [0.1, 0.15) is 18.9 Å². The first-order chi connectivity index (χ1) is 10.3. The Morgan fingerprint density at radius 3 is 2.62 bits per heavy atom. The van der Waals surface area contributed by atoms with E-state index in [9.17, 15) is 0 Å². The molecule has 0 saturated carbocycles. The summed E-state index contributed by atoms with van der Waals surface area (Å²) in [6, 6.07) is 12.0. The van der Waals surface area contributed by atoms with Gasteiger partial charge in [0.2, 0.25) is 0 Å². The molecule has 2 rings (SSSR count). The van der Waals surface area contributed by atoms with Gasteiger partial charge in [0.15, 0.2) is 5.13 Å². The van der Waals surface area contributed by atoms with Gasteiger partial charge >= 0.3 is 0 Å². The van der Waals surface area contributed by atoms with Gasteiger partial charge in [-0.15, -0.1) is 11.3 Å². The van der Waals surface area contributed by atoms with Gasteiger partial charge in [0.05, 0.1) is 5.69 Å². The maximum atomic E-state index is 8.66. The van der Waals surface area contributed by atoms with Crippen molar-refractivity contribution in [2.45, 2.75) is 19.8 Å². The Hall–Kier alpha value is -2.63. The van der Waals surface area contributed by atoms with Crippen LogP contribution in [0.5, 0.6) is 0 Å². The van der Waals surface area contributed by atoms with Crippen molar-refractivity contribution >= 4 is 16.5 Å². The molecule has 0 unspecified atom stereocenters. The number of nitrogens with zero attached hydrogens (tertiary/aromatic N) is 3. The van der Waals surface area contributed by atoms with E-state index in [-0.39, 0.29) is 5.57 Å². The molecular formula is C16H14N4S. The van der Waals surface area contributed by atoms with Crippen molar-refractivity contribution in [1.82, 2.24) is 4.98 Å². The summed E-state index contributed by atoms with van der Waals surface area (Å²) in [5.41, 5.74) is 3.29. The van der Waals surface area contributed by atoms with Crippen LogP contribution in [0, 0.1) is 22.7 Å². The molecule has 0 aliphatic carbocycles. The molecule has 0 fully saturated rings. The number of allylic oxidation sites excluding steroid dienone is 1. The van der Waals surface area contributed by atoms with Crippen molar-refractivity contribution in [3.8, 4) is 23.4 Å². The Morgan fingerprint density at radius 2 is 2.00 bits per heavy atom. The van der Waals surface area contributed by atoms with E-state index in [0.29, 0.717) is 5.13 Å². The second-order valence-electron chi connectivity index (χ2n) is 4.41. The zero-order valence-corrected chi connectivity index (χ0v) is 12.4. The maximum Gasteiger partial charge on any atom is 0.187 e. The Morgan fingerprint density at radius 1 is 1.29 bits per heavy atom. The van der Waals surface area contributed by atoms with E-state index in [1.807, 2.05) is 5.38 Å². The molecule has 0 amide bonds. The van der Waals surface area contributed by atoms with Crippen LogP contribution in [-0.2, 0) is 6.42 Å². The Bertz CT molecular complexity index is 698. The SMILES string of the molecule is CCCc1ccc(-c2csc(NC=C(C#N)C#N)n2)cc1. The predicted octanol–water partition coefficient (Wildman–Crippen LogP) is 4.11. The third-order valence-electron chi connectivity index (χ3n) is 2.87. The molecule has 0 bridgehead atoms. The van der Waals surface area contributed by atoms with Crippen molar-refractivity contribution in [3.05, 3.63) is 47.0 Å². The zero-order valence-electron chi connectivity index (χ0n) is 11.6. The molecule has 1 aromatic carbocycles. The lowest BCUT2D eigenvalue weighted by Crippen LogP contribution is -1.89. The fourth-order valence-electron chi connectivity index (χ4n) is 1.83. The number of rotatable bonds is 5. The normalized spacial score (nSPS) is 9.48. The number of nitrogens with one attached hydrogen (secondary N) is 1. The lowest BCUT2D eigenvalue weighted by atomic mass is 10.1. The van der Waals surface area contributed by atoms with Gasteiger partial charge < -0.3 is 5.32 Å². The summed E-state index contributed by atoms with van der Waals surface area (Å²) >= 11 is 1.44. The lowest BCUT2D eigenvalue weighted by molar-refractivity contribution is 0.922. The van der Waals surface area contributed by atoms with Crippen LogP contribution < -0.4 is 5.32 Å². The van der Waals surface area contributed by atoms with Crippen LogP contribution in [0.15, 0.2) is 41.4 Å². The molecule has 4 nitrogen and oxygen atoms in total. The molecule has 104 valence electrons. The Kier molecular flexibility index (Phi) is 5.09. The van der Waals surface area contributed by atoms with Crippen LogP contribution in [0.2, 0.25) is 0 Å². The molecule has 0 radical (unpaired) electrons. The number of aryl methyl sites for hydroxylation is 1. The number of hydrogen-bond acceptors (Lipinski definition) is 5. The number of aromatic nitrogens is 1. The standard InChI is InChI=1S/C16H14N4S/c1-2-3-12-4-6-14(7-5-12)15-11-21-16(20-15)19-10-13(8-17)9-18/h4-7,10-11H,2-3H2,1H3,(H,19,20). The highest BCUT2D eigenvalue weighted by Gasteiger charge is 2.04. The lowest BCUT2D eigenvalue weighted by Gasteiger charge is -2.00. The van der Waals surface area contributed by atoms with E-state index in [2.05, 4.69) is 41.5 Å². The first kappa shape index (κ1) is 14.8. The minimum absolute atomic E-state index is 0.0238. The fraction of sp³-hybridized carbons (Fsp3) is 0.188. The molecule has 0 aliphatic heterocycles. The van der Waals surface area contributed by atoms with E-state index in [1.54, 1.807) is 12.1 Å². The minimum atomic E-state index is 0.0238. The predicted molar refractivity (Wildman–Crippen MR) is 84.5 cm³/mol.